The summed E-state index contributed by atoms with van der Waals surface area (Å²) < 4.78 is 36.3. The molecule has 1 aliphatic heterocycles. The van der Waals surface area contributed by atoms with Crippen LogP contribution in [-0.2, 0) is 5.41 Å². The molecule has 8 heteroatoms. The van der Waals surface area contributed by atoms with Gasteiger partial charge >= 0.3 is 0 Å². The maximum Gasteiger partial charge on any atom is 0.210 e. The number of nitrogens with zero attached hydrogens (tertiary/aromatic N) is 2. The van der Waals surface area contributed by atoms with E-state index in [-0.39, 0.29) is 5.41 Å². The molecule has 33 heavy (non-hydrogen) atoms. The second-order valence-corrected chi connectivity index (χ2v) is 10.2. The molecule has 0 N–H and O–H groups in total. The van der Waals surface area contributed by atoms with Gasteiger partial charge in [0.2, 0.25) is 5.69 Å². The lowest BCUT2D eigenvalue weighted by Gasteiger charge is -2.18. The molecule has 0 atom stereocenters. The Morgan fingerprint density at radius 1 is 0.939 bits per heavy atom. The highest BCUT2D eigenvalue weighted by molar-refractivity contribution is 7.16. The minimum absolute atomic E-state index is 0.0274. The Hall–Kier alpha value is -2.26. The Balaban J connectivity index is 0.000000555. The van der Waals surface area contributed by atoms with E-state index >= 15 is 0 Å². The van der Waals surface area contributed by atoms with Gasteiger partial charge in [-0.15, -0.1) is 21.6 Å². The van der Waals surface area contributed by atoms with Crippen LogP contribution in [0.2, 0.25) is 0 Å². The van der Waals surface area contributed by atoms with Crippen molar-refractivity contribution in [2.24, 2.45) is 0 Å². The second-order valence-electron chi connectivity index (χ2n) is 8.31. The Bertz CT molecular complexity index is 1180. The van der Waals surface area contributed by atoms with Crippen LogP contribution in [0.3, 0.4) is 0 Å². The van der Waals surface area contributed by atoms with E-state index in [0.29, 0.717) is 0 Å². The Morgan fingerprint density at radius 3 is 2.21 bits per heavy atom. The number of anilines is 1. The lowest BCUT2D eigenvalue weighted by Crippen LogP contribution is -2.68. The largest absolute Gasteiger partial charge is 0.364 e. The lowest BCUT2D eigenvalue weighted by atomic mass is 9.79. The van der Waals surface area contributed by atoms with Crippen LogP contribution < -0.4 is 23.5 Å². The quantitative estimate of drug-likeness (QED) is 0.509. The fourth-order valence-corrected chi connectivity index (χ4v) is 5.53. The van der Waals surface area contributed by atoms with Crippen molar-refractivity contribution in [1.29, 1.82) is 0 Å². The van der Waals surface area contributed by atoms with Crippen molar-refractivity contribution in [3.8, 4) is 0 Å². The van der Waals surface area contributed by atoms with Gasteiger partial charge in [-0.05, 0) is 62.7 Å². The van der Waals surface area contributed by atoms with Crippen LogP contribution in [0.15, 0.2) is 54.6 Å². The first-order valence-electron chi connectivity index (χ1n) is 10.7. The number of hydrogen-bond donors (Lipinski definition) is 0. The third kappa shape index (κ3) is 5.63. The summed E-state index contributed by atoms with van der Waals surface area (Å²) in [7, 11) is -2.75. The van der Waals surface area contributed by atoms with Crippen molar-refractivity contribution >= 4 is 44.6 Å². The molecule has 0 saturated heterocycles. The zero-order valence-corrected chi connectivity index (χ0v) is 21.1. The van der Waals surface area contributed by atoms with Crippen molar-refractivity contribution in [1.82, 2.24) is 0 Å². The molecule has 2 aromatic carbocycles. The third-order valence-electron chi connectivity index (χ3n) is 5.99. The van der Waals surface area contributed by atoms with Crippen LogP contribution in [0.5, 0.6) is 0 Å². The van der Waals surface area contributed by atoms with E-state index in [1.807, 2.05) is 11.3 Å². The standard InChI is InChI=1S/C25H29N2S.ClHO4/c1-6-27(7-2)23-17-14-19(28-23)13-16-22-25(3,4)24-20-11-9-8-10-18(20)12-15-21(24)26(22)5;2-1(3,4)5/h8-17H,6-7H2,1-5H3;(H,2,3,4,5)/q+1;/p-1. The van der Waals surface area contributed by atoms with Crippen molar-refractivity contribution in [2.45, 2.75) is 33.1 Å². The molecule has 0 radical (unpaired) electrons. The minimum atomic E-state index is -4.94. The Labute approximate surface area is 201 Å². The average molecular weight is 489 g/mol. The minimum Gasteiger partial charge on any atom is -0.364 e. The molecular weight excluding hydrogens is 460 g/mol. The number of benzene rings is 2. The third-order valence-corrected chi connectivity index (χ3v) is 7.10. The Kier molecular flexibility index (Phi) is 7.63. The lowest BCUT2D eigenvalue weighted by molar-refractivity contribution is -2.00. The van der Waals surface area contributed by atoms with Gasteiger partial charge < -0.3 is 4.90 Å². The summed E-state index contributed by atoms with van der Waals surface area (Å²) in [5.74, 6) is 0. The molecule has 2 heterocycles. The summed E-state index contributed by atoms with van der Waals surface area (Å²) >= 11 is 1.87. The van der Waals surface area contributed by atoms with Gasteiger partial charge in [-0.25, -0.2) is 18.6 Å². The number of hydrogen-bond acceptors (Lipinski definition) is 6. The molecule has 0 fully saturated rings. The van der Waals surface area contributed by atoms with Gasteiger partial charge in [0.25, 0.3) is 0 Å². The Morgan fingerprint density at radius 2 is 1.58 bits per heavy atom. The highest BCUT2D eigenvalue weighted by atomic mass is 35.7. The zero-order chi connectivity index (χ0) is 24.4. The molecule has 0 unspecified atom stereocenters. The molecule has 0 spiro atoms. The molecule has 3 aromatic rings. The van der Waals surface area contributed by atoms with Crippen LogP contribution in [0, 0.1) is 10.2 Å². The highest BCUT2D eigenvalue weighted by Crippen LogP contribution is 2.43. The monoisotopic (exact) mass is 488 g/mol. The van der Waals surface area contributed by atoms with Gasteiger partial charge in [-0.2, -0.15) is 4.58 Å². The molecular formula is C25H29ClN2O4S. The SMILES string of the molecule is CCN(CC)c1ccc(C=CC2=[N+](C)c3ccc4ccccc4c3C2(C)C)s1.[O-][Cl+3]([O-])([O-])[O-]. The summed E-state index contributed by atoms with van der Waals surface area (Å²) in [6.45, 7) is 11.2. The first kappa shape index (κ1) is 25.4. The molecule has 6 nitrogen and oxygen atoms in total. The molecule has 0 saturated carbocycles. The maximum absolute atomic E-state index is 8.49. The van der Waals surface area contributed by atoms with E-state index in [4.69, 9.17) is 18.6 Å². The summed E-state index contributed by atoms with van der Waals surface area (Å²) in [5.41, 5.74) is 4.07. The smallest absolute Gasteiger partial charge is 0.210 e. The summed E-state index contributed by atoms with van der Waals surface area (Å²) in [6.07, 6.45) is 4.59. The van der Waals surface area contributed by atoms with Crippen LogP contribution in [0.1, 0.15) is 38.1 Å². The number of thiophene rings is 1. The number of fused-ring (bicyclic) bond motifs is 3. The van der Waals surface area contributed by atoms with E-state index < -0.39 is 10.2 Å². The molecule has 0 amide bonds. The van der Waals surface area contributed by atoms with E-state index in [1.165, 1.54) is 37.6 Å². The van der Waals surface area contributed by atoms with Crippen LogP contribution >= 0.6 is 11.3 Å². The number of allylic oxidation sites excluding steroid dienone is 1. The van der Waals surface area contributed by atoms with Gasteiger partial charge in [-0.1, -0.05) is 24.3 Å². The summed E-state index contributed by atoms with van der Waals surface area (Å²) in [6, 6.07) is 17.7. The number of halogens is 1. The molecule has 0 aliphatic carbocycles. The fraction of sp³-hybridized carbons (Fsp3) is 0.320. The first-order valence-corrected chi connectivity index (χ1v) is 12.8. The first-order chi connectivity index (χ1) is 15.5. The maximum atomic E-state index is 8.49. The van der Waals surface area contributed by atoms with Crippen LogP contribution in [0.25, 0.3) is 16.8 Å². The molecule has 1 aliphatic rings. The zero-order valence-electron chi connectivity index (χ0n) is 19.5. The van der Waals surface area contributed by atoms with E-state index in [2.05, 4.69) is 105 Å². The van der Waals surface area contributed by atoms with Gasteiger partial charge in [0.05, 0.1) is 10.4 Å². The topological polar surface area (TPSA) is 98.5 Å². The van der Waals surface area contributed by atoms with Gasteiger partial charge in [-0.3, -0.25) is 0 Å². The van der Waals surface area contributed by atoms with Gasteiger partial charge in [0, 0.05) is 35.7 Å². The normalized spacial score (nSPS) is 15.1. The number of rotatable bonds is 5. The molecule has 1 aromatic heterocycles. The fourth-order valence-electron chi connectivity index (χ4n) is 4.49. The van der Waals surface area contributed by atoms with Crippen molar-refractivity contribution in [2.75, 3.05) is 25.0 Å². The molecule has 0 bridgehead atoms. The van der Waals surface area contributed by atoms with Crippen molar-refractivity contribution in [3.63, 3.8) is 0 Å². The predicted octanol–water partition coefficient (Wildman–Crippen LogP) is 1.71. The van der Waals surface area contributed by atoms with Crippen molar-refractivity contribution in [3.05, 3.63) is 65.0 Å². The summed E-state index contributed by atoms with van der Waals surface area (Å²) in [4.78, 5) is 3.71. The van der Waals surface area contributed by atoms with Crippen LogP contribution in [-0.4, -0.2) is 30.4 Å². The van der Waals surface area contributed by atoms with E-state index in [1.54, 1.807) is 0 Å². The summed E-state index contributed by atoms with van der Waals surface area (Å²) in [5, 5.41) is 4.03. The van der Waals surface area contributed by atoms with E-state index in [0.717, 1.165) is 13.1 Å². The average Bonchev–Trinajstić information content (AvgIpc) is 3.27. The molecule has 4 rings (SSSR count). The van der Waals surface area contributed by atoms with Crippen LogP contribution in [0.4, 0.5) is 10.7 Å². The predicted molar refractivity (Wildman–Crippen MR) is 125 cm³/mol. The van der Waals surface area contributed by atoms with Gasteiger partial charge in [0.1, 0.15) is 7.05 Å². The molecule has 176 valence electrons. The highest BCUT2D eigenvalue weighted by Gasteiger charge is 2.44. The second kappa shape index (κ2) is 9.93. The van der Waals surface area contributed by atoms with Gasteiger partial charge in [0.15, 0.2) is 5.71 Å². The van der Waals surface area contributed by atoms with Crippen molar-refractivity contribution < 1.29 is 33.5 Å². The van der Waals surface area contributed by atoms with E-state index in [9.17, 15) is 0 Å².